The van der Waals surface area contributed by atoms with E-state index in [1.807, 2.05) is 6.07 Å². The smallest absolute Gasteiger partial charge is 0.236 e. The highest BCUT2D eigenvalue weighted by molar-refractivity contribution is 5.77. The summed E-state index contributed by atoms with van der Waals surface area (Å²) in [6.07, 6.45) is 0.563. The first kappa shape index (κ1) is 13.2. The van der Waals surface area contributed by atoms with Crippen molar-refractivity contribution in [3.05, 3.63) is 35.1 Å². The van der Waals surface area contributed by atoms with Gasteiger partial charge in [0.05, 0.1) is 6.07 Å². The summed E-state index contributed by atoms with van der Waals surface area (Å²) in [5.74, 6) is -0.408. The molecule has 4 heteroatoms. The lowest BCUT2D eigenvalue weighted by Gasteiger charge is -2.15. The number of aryl methyl sites for hydroxylation is 1. The monoisotopic (exact) mass is 234 g/mol. The normalized spacial score (nSPS) is 9.76. The quantitative estimate of drug-likeness (QED) is 0.800. The van der Waals surface area contributed by atoms with Crippen molar-refractivity contribution < 1.29 is 9.18 Å². The lowest BCUT2D eigenvalue weighted by atomic mass is 10.1. The van der Waals surface area contributed by atoms with E-state index in [1.165, 1.54) is 11.0 Å². The van der Waals surface area contributed by atoms with Gasteiger partial charge in [0.25, 0.3) is 0 Å². The molecule has 0 saturated heterocycles. The highest BCUT2D eigenvalue weighted by atomic mass is 19.1. The Kier molecular flexibility index (Phi) is 4.65. The molecule has 0 aromatic heterocycles. The molecule has 90 valence electrons. The van der Waals surface area contributed by atoms with Crippen LogP contribution < -0.4 is 0 Å². The van der Waals surface area contributed by atoms with Gasteiger partial charge in [-0.15, -0.1) is 0 Å². The Morgan fingerprint density at radius 3 is 2.82 bits per heavy atom. The van der Waals surface area contributed by atoms with Crippen LogP contribution in [0.4, 0.5) is 4.39 Å². The first-order chi connectivity index (χ1) is 8.04. The summed E-state index contributed by atoms with van der Waals surface area (Å²) in [6, 6.07) is 6.74. The summed E-state index contributed by atoms with van der Waals surface area (Å²) in [4.78, 5) is 12.8. The average Bonchev–Trinajstić information content (AvgIpc) is 2.30. The van der Waals surface area contributed by atoms with E-state index in [2.05, 4.69) is 0 Å². The Labute approximate surface area is 100 Å². The predicted molar refractivity (Wildman–Crippen MR) is 62.7 cm³/mol. The lowest BCUT2D eigenvalue weighted by Crippen LogP contribution is -2.28. The van der Waals surface area contributed by atoms with Crippen LogP contribution in [0, 0.1) is 24.1 Å². The van der Waals surface area contributed by atoms with Crippen LogP contribution in [0.2, 0.25) is 0 Å². The minimum absolute atomic E-state index is 0.0983. The van der Waals surface area contributed by atoms with Gasteiger partial charge in [0.1, 0.15) is 12.2 Å². The summed E-state index contributed by atoms with van der Waals surface area (Å²) >= 11 is 0. The molecule has 0 fully saturated rings. The second-order valence-electron chi connectivity index (χ2n) is 3.98. The van der Waals surface area contributed by atoms with E-state index >= 15 is 0 Å². The molecule has 1 aromatic carbocycles. The molecule has 0 unspecified atom stereocenters. The first-order valence-corrected chi connectivity index (χ1v) is 5.40. The molecular weight excluding hydrogens is 219 g/mol. The zero-order chi connectivity index (χ0) is 12.8. The van der Waals surface area contributed by atoms with Gasteiger partial charge in [-0.25, -0.2) is 4.39 Å². The molecule has 0 heterocycles. The molecule has 3 nitrogen and oxygen atoms in total. The Hall–Kier alpha value is -1.89. The molecule has 0 aliphatic heterocycles. The molecule has 0 radical (unpaired) electrons. The minimum atomic E-state index is -0.220. The lowest BCUT2D eigenvalue weighted by molar-refractivity contribution is -0.128. The molecule has 0 atom stereocenters. The van der Waals surface area contributed by atoms with Gasteiger partial charge in [0.15, 0.2) is 0 Å². The van der Waals surface area contributed by atoms with E-state index in [0.717, 1.165) is 5.56 Å². The largest absolute Gasteiger partial charge is 0.345 e. The molecule has 0 spiro atoms. The summed E-state index contributed by atoms with van der Waals surface area (Å²) in [7, 11) is 1.66. The van der Waals surface area contributed by atoms with Crippen LogP contribution in [0.5, 0.6) is 0 Å². The van der Waals surface area contributed by atoms with Crippen molar-refractivity contribution in [2.45, 2.75) is 19.8 Å². The van der Waals surface area contributed by atoms with Crippen LogP contribution in [-0.4, -0.2) is 24.4 Å². The number of carbonyl (C=O) groups is 1. The molecule has 1 amide bonds. The number of nitriles is 1. The number of rotatable bonds is 4. The predicted octanol–water partition coefficient (Wildman–Crippen LogP) is 2.05. The van der Waals surface area contributed by atoms with Crippen LogP contribution in [0.15, 0.2) is 18.2 Å². The SMILES string of the molecule is Cc1cc(CCN(C)C(=O)CC#N)ccc1F. The molecule has 0 saturated carbocycles. The second-order valence-corrected chi connectivity index (χ2v) is 3.98. The summed E-state index contributed by atoms with van der Waals surface area (Å²) in [5.41, 5.74) is 1.59. The van der Waals surface area contributed by atoms with Gasteiger partial charge >= 0.3 is 0 Å². The Balaban J connectivity index is 2.53. The van der Waals surface area contributed by atoms with Crippen molar-refractivity contribution in [1.29, 1.82) is 5.26 Å². The Morgan fingerprint density at radius 1 is 1.53 bits per heavy atom. The maximum Gasteiger partial charge on any atom is 0.236 e. The van der Waals surface area contributed by atoms with Crippen LogP contribution in [0.25, 0.3) is 0 Å². The van der Waals surface area contributed by atoms with Gasteiger partial charge in [0, 0.05) is 13.6 Å². The van der Waals surface area contributed by atoms with Gasteiger partial charge in [-0.05, 0) is 30.5 Å². The zero-order valence-electron chi connectivity index (χ0n) is 10.0. The van der Waals surface area contributed by atoms with Gasteiger partial charge in [0.2, 0.25) is 5.91 Å². The third-order valence-electron chi connectivity index (χ3n) is 2.61. The van der Waals surface area contributed by atoms with E-state index in [0.29, 0.717) is 18.5 Å². The number of amides is 1. The molecule has 0 aliphatic carbocycles. The highest BCUT2D eigenvalue weighted by Gasteiger charge is 2.08. The average molecular weight is 234 g/mol. The number of likely N-dealkylation sites (N-methyl/N-ethyl adjacent to an activating group) is 1. The van der Waals surface area contributed by atoms with Gasteiger partial charge in [-0.3, -0.25) is 4.79 Å². The maximum absolute atomic E-state index is 13.0. The third-order valence-corrected chi connectivity index (χ3v) is 2.61. The third kappa shape index (κ3) is 3.87. The van der Waals surface area contributed by atoms with Crippen molar-refractivity contribution in [1.82, 2.24) is 4.90 Å². The fourth-order valence-electron chi connectivity index (χ4n) is 1.49. The summed E-state index contributed by atoms with van der Waals surface area (Å²) < 4.78 is 13.0. The molecular formula is C13H15FN2O. The Bertz CT molecular complexity index is 451. The minimum Gasteiger partial charge on any atom is -0.345 e. The molecule has 0 aliphatic rings. The maximum atomic E-state index is 13.0. The van der Waals surface area contributed by atoms with Crippen molar-refractivity contribution in [3.8, 4) is 6.07 Å². The standard InChI is InChI=1S/C13H15FN2O/c1-10-9-11(3-4-12(10)14)6-8-16(2)13(17)5-7-15/h3-4,9H,5-6,8H2,1-2H3. The van der Waals surface area contributed by atoms with Crippen molar-refractivity contribution >= 4 is 5.91 Å². The van der Waals surface area contributed by atoms with Gasteiger partial charge < -0.3 is 4.90 Å². The van der Waals surface area contributed by atoms with Crippen LogP contribution in [-0.2, 0) is 11.2 Å². The van der Waals surface area contributed by atoms with Crippen molar-refractivity contribution in [2.24, 2.45) is 0 Å². The van der Waals surface area contributed by atoms with Crippen molar-refractivity contribution in [3.63, 3.8) is 0 Å². The molecule has 1 rings (SSSR count). The first-order valence-electron chi connectivity index (χ1n) is 5.40. The van der Waals surface area contributed by atoms with E-state index in [-0.39, 0.29) is 18.1 Å². The summed E-state index contributed by atoms with van der Waals surface area (Å²) in [6.45, 7) is 2.25. The van der Waals surface area contributed by atoms with E-state index < -0.39 is 0 Å². The Morgan fingerprint density at radius 2 is 2.24 bits per heavy atom. The van der Waals surface area contributed by atoms with Crippen LogP contribution in [0.3, 0.4) is 0 Å². The van der Waals surface area contributed by atoms with Gasteiger partial charge in [-0.1, -0.05) is 12.1 Å². The molecule has 0 bridgehead atoms. The summed E-state index contributed by atoms with van der Waals surface area (Å²) in [5, 5.41) is 8.40. The van der Waals surface area contributed by atoms with Gasteiger partial charge in [-0.2, -0.15) is 5.26 Å². The van der Waals surface area contributed by atoms with E-state index in [1.54, 1.807) is 26.1 Å². The van der Waals surface area contributed by atoms with Crippen molar-refractivity contribution in [2.75, 3.05) is 13.6 Å². The number of halogens is 1. The second kappa shape index (κ2) is 6.00. The topological polar surface area (TPSA) is 44.1 Å². The van der Waals surface area contributed by atoms with Crippen LogP contribution >= 0.6 is 0 Å². The number of carbonyl (C=O) groups excluding carboxylic acids is 1. The van der Waals surface area contributed by atoms with E-state index in [4.69, 9.17) is 5.26 Å². The number of nitrogens with zero attached hydrogens (tertiary/aromatic N) is 2. The van der Waals surface area contributed by atoms with E-state index in [9.17, 15) is 9.18 Å². The number of hydrogen-bond donors (Lipinski definition) is 0. The fourth-order valence-corrected chi connectivity index (χ4v) is 1.49. The number of benzene rings is 1. The molecule has 17 heavy (non-hydrogen) atoms. The molecule has 0 N–H and O–H groups in total. The fraction of sp³-hybridized carbons (Fsp3) is 0.385. The molecule has 1 aromatic rings. The zero-order valence-corrected chi connectivity index (χ0v) is 10.0. The highest BCUT2D eigenvalue weighted by Crippen LogP contribution is 2.10. The number of hydrogen-bond acceptors (Lipinski definition) is 2. The van der Waals surface area contributed by atoms with Crippen LogP contribution in [0.1, 0.15) is 17.5 Å².